The minimum atomic E-state index is -0.507. The number of non-ortho nitro benzene ring substituents is 1. The Labute approximate surface area is 146 Å². The number of amides is 1. The van der Waals surface area contributed by atoms with E-state index in [1.54, 1.807) is 6.07 Å². The largest absolute Gasteiger partial charge is 0.352 e. The number of halogens is 1. The van der Waals surface area contributed by atoms with E-state index in [2.05, 4.69) is 15.5 Å². The van der Waals surface area contributed by atoms with Gasteiger partial charge >= 0.3 is 0 Å². The Kier molecular flexibility index (Phi) is 4.97. The summed E-state index contributed by atoms with van der Waals surface area (Å²) in [4.78, 5) is 26.4. The zero-order valence-corrected chi connectivity index (χ0v) is 13.4. The molecule has 1 amide bonds. The van der Waals surface area contributed by atoms with Crippen LogP contribution in [-0.2, 0) is 6.42 Å². The van der Waals surface area contributed by atoms with Gasteiger partial charge in [0.05, 0.1) is 4.92 Å². The number of hydrogen-bond acceptors (Lipinski definition) is 6. The number of nitrogens with zero attached hydrogens (tertiary/aromatic N) is 3. The molecule has 8 nitrogen and oxygen atoms in total. The number of carbonyl (C=O) groups is 1. The zero-order chi connectivity index (χ0) is 18.5. The van der Waals surface area contributed by atoms with Gasteiger partial charge in [0.25, 0.3) is 11.6 Å². The standard InChI is InChI=1S/C17H13FN4O4/c18-13-5-1-4-12(9-13)17(23)19-8-7-15-20-16(21-26-15)11-3-2-6-14(10-11)22(24)25/h1-6,9-10H,7-8H2,(H,19,23). The van der Waals surface area contributed by atoms with E-state index in [1.807, 2.05) is 0 Å². The summed E-state index contributed by atoms with van der Waals surface area (Å²) < 4.78 is 18.2. The monoisotopic (exact) mass is 356 g/mol. The minimum absolute atomic E-state index is 0.0730. The van der Waals surface area contributed by atoms with Crippen LogP contribution in [0.3, 0.4) is 0 Å². The molecule has 0 spiro atoms. The van der Waals surface area contributed by atoms with Crippen LogP contribution in [-0.4, -0.2) is 27.5 Å². The average Bonchev–Trinajstić information content (AvgIpc) is 3.10. The van der Waals surface area contributed by atoms with E-state index in [9.17, 15) is 19.3 Å². The first-order valence-electron chi connectivity index (χ1n) is 7.64. The van der Waals surface area contributed by atoms with Crippen molar-refractivity contribution >= 4 is 11.6 Å². The number of carbonyl (C=O) groups excluding carboxylic acids is 1. The third kappa shape index (κ3) is 4.07. The van der Waals surface area contributed by atoms with Crippen molar-refractivity contribution in [3.05, 3.63) is 75.9 Å². The molecule has 1 aromatic heterocycles. The van der Waals surface area contributed by atoms with E-state index in [0.29, 0.717) is 5.56 Å². The quantitative estimate of drug-likeness (QED) is 0.537. The van der Waals surface area contributed by atoms with Crippen LogP contribution in [0, 0.1) is 15.9 Å². The summed E-state index contributed by atoms with van der Waals surface area (Å²) in [5.41, 5.74) is 0.599. The predicted octanol–water partition coefficient (Wildman–Crippen LogP) is 2.76. The number of nitro groups is 1. The normalized spacial score (nSPS) is 10.5. The molecule has 0 radical (unpaired) electrons. The second kappa shape index (κ2) is 7.51. The number of nitrogens with one attached hydrogen (secondary N) is 1. The number of hydrogen-bond donors (Lipinski definition) is 1. The molecule has 0 aliphatic rings. The lowest BCUT2D eigenvalue weighted by Gasteiger charge is -2.03. The van der Waals surface area contributed by atoms with Crippen LogP contribution in [0.25, 0.3) is 11.4 Å². The van der Waals surface area contributed by atoms with Gasteiger partial charge in [-0.15, -0.1) is 0 Å². The second-order valence-electron chi connectivity index (χ2n) is 5.34. The molecular weight excluding hydrogens is 343 g/mol. The van der Waals surface area contributed by atoms with Crippen LogP contribution in [0.15, 0.2) is 53.1 Å². The lowest BCUT2D eigenvalue weighted by Crippen LogP contribution is -2.25. The van der Waals surface area contributed by atoms with Crippen molar-refractivity contribution in [3.63, 3.8) is 0 Å². The fourth-order valence-electron chi connectivity index (χ4n) is 2.25. The smallest absolute Gasteiger partial charge is 0.270 e. The molecule has 1 heterocycles. The third-order valence-electron chi connectivity index (χ3n) is 3.49. The molecule has 0 atom stereocenters. The highest BCUT2D eigenvalue weighted by atomic mass is 19.1. The number of aromatic nitrogens is 2. The molecule has 132 valence electrons. The topological polar surface area (TPSA) is 111 Å². The molecule has 0 aliphatic heterocycles. The van der Waals surface area contributed by atoms with Crippen molar-refractivity contribution in [1.82, 2.24) is 15.5 Å². The van der Waals surface area contributed by atoms with E-state index in [1.165, 1.54) is 36.4 Å². The lowest BCUT2D eigenvalue weighted by molar-refractivity contribution is -0.384. The van der Waals surface area contributed by atoms with Crippen molar-refractivity contribution in [2.24, 2.45) is 0 Å². The third-order valence-corrected chi connectivity index (χ3v) is 3.49. The highest BCUT2D eigenvalue weighted by molar-refractivity contribution is 5.94. The molecule has 1 N–H and O–H groups in total. The molecule has 2 aromatic carbocycles. The van der Waals surface area contributed by atoms with Crippen molar-refractivity contribution in [2.75, 3.05) is 6.54 Å². The predicted molar refractivity (Wildman–Crippen MR) is 88.8 cm³/mol. The van der Waals surface area contributed by atoms with Gasteiger partial charge in [-0.25, -0.2) is 4.39 Å². The Bertz CT molecular complexity index is 957. The van der Waals surface area contributed by atoms with Crippen LogP contribution >= 0.6 is 0 Å². The highest BCUT2D eigenvalue weighted by Crippen LogP contribution is 2.21. The summed E-state index contributed by atoms with van der Waals surface area (Å²) in [7, 11) is 0. The number of rotatable bonds is 6. The van der Waals surface area contributed by atoms with E-state index in [4.69, 9.17) is 4.52 Å². The molecule has 0 bridgehead atoms. The molecule has 0 saturated heterocycles. The SMILES string of the molecule is O=C(NCCc1nc(-c2cccc([N+](=O)[O-])c2)no1)c1cccc(F)c1. The summed E-state index contributed by atoms with van der Waals surface area (Å²) in [5.74, 6) is -0.412. The van der Waals surface area contributed by atoms with Gasteiger partial charge in [-0.2, -0.15) is 4.98 Å². The number of benzene rings is 2. The van der Waals surface area contributed by atoms with Crippen molar-refractivity contribution < 1.29 is 18.6 Å². The van der Waals surface area contributed by atoms with E-state index >= 15 is 0 Å². The maximum absolute atomic E-state index is 13.1. The summed E-state index contributed by atoms with van der Waals surface area (Å²) in [5, 5.41) is 17.2. The Hall–Kier alpha value is -3.62. The Balaban J connectivity index is 1.60. The van der Waals surface area contributed by atoms with Crippen LogP contribution in [0.1, 0.15) is 16.2 Å². The van der Waals surface area contributed by atoms with E-state index in [-0.39, 0.29) is 35.9 Å². The lowest BCUT2D eigenvalue weighted by atomic mass is 10.2. The van der Waals surface area contributed by atoms with Gasteiger partial charge in [0.2, 0.25) is 11.7 Å². The van der Waals surface area contributed by atoms with Crippen molar-refractivity contribution in [2.45, 2.75) is 6.42 Å². The zero-order valence-electron chi connectivity index (χ0n) is 13.4. The molecule has 3 rings (SSSR count). The molecule has 0 aliphatic carbocycles. The molecule has 0 saturated carbocycles. The highest BCUT2D eigenvalue weighted by Gasteiger charge is 2.13. The van der Waals surface area contributed by atoms with Crippen molar-refractivity contribution in [3.8, 4) is 11.4 Å². The van der Waals surface area contributed by atoms with Crippen LogP contribution in [0.4, 0.5) is 10.1 Å². The first-order chi connectivity index (χ1) is 12.5. The first-order valence-corrected chi connectivity index (χ1v) is 7.64. The van der Waals surface area contributed by atoms with Gasteiger partial charge in [-0.05, 0) is 18.2 Å². The summed E-state index contributed by atoms with van der Waals surface area (Å²) >= 11 is 0. The molecule has 9 heteroatoms. The Morgan fingerprint density at radius 1 is 1.23 bits per heavy atom. The van der Waals surface area contributed by atoms with Gasteiger partial charge in [0.15, 0.2) is 0 Å². The van der Waals surface area contributed by atoms with Crippen LogP contribution in [0.2, 0.25) is 0 Å². The van der Waals surface area contributed by atoms with Gasteiger partial charge in [-0.1, -0.05) is 23.4 Å². The summed E-state index contributed by atoms with van der Waals surface area (Å²) in [6.07, 6.45) is 0.267. The Morgan fingerprint density at radius 2 is 2.04 bits per heavy atom. The molecular formula is C17H13FN4O4. The van der Waals surface area contributed by atoms with E-state index < -0.39 is 16.6 Å². The fraction of sp³-hybridized carbons (Fsp3) is 0.118. The van der Waals surface area contributed by atoms with Crippen LogP contribution < -0.4 is 5.32 Å². The number of nitro benzene ring substituents is 1. The molecule has 0 fully saturated rings. The van der Waals surface area contributed by atoms with Gasteiger partial charge in [0.1, 0.15) is 5.82 Å². The van der Waals surface area contributed by atoms with Gasteiger partial charge in [0, 0.05) is 36.2 Å². The molecule has 3 aromatic rings. The van der Waals surface area contributed by atoms with Crippen LogP contribution in [0.5, 0.6) is 0 Å². The molecule has 0 unspecified atom stereocenters. The van der Waals surface area contributed by atoms with Gasteiger partial charge < -0.3 is 9.84 Å². The average molecular weight is 356 g/mol. The summed E-state index contributed by atoms with van der Waals surface area (Å²) in [6.45, 7) is 0.214. The second-order valence-corrected chi connectivity index (χ2v) is 5.34. The summed E-state index contributed by atoms with van der Waals surface area (Å²) in [6, 6.07) is 11.2. The van der Waals surface area contributed by atoms with E-state index in [0.717, 1.165) is 6.07 Å². The van der Waals surface area contributed by atoms with Gasteiger partial charge in [-0.3, -0.25) is 14.9 Å². The Morgan fingerprint density at radius 3 is 2.81 bits per heavy atom. The molecule has 26 heavy (non-hydrogen) atoms. The minimum Gasteiger partial charge on any atom is -0.352 e. The fourth-order valence-corrected chi connectivity index (χ4v) is 2.25. The maximum atomic E-state index is 13.1. The van der Waals surface area contributed by atoms with Crippen molar-refractivity contribution in [1.29, 1.82) is 0 Å². The first kappa shape index (κ1) is 17.2. The maximum Gasteiger partial charge on any atom is 0.270 e.